The third-order valence-electron chi connectivity index (χ3n) is 9.16. The molecule has 1 aliphatic carbocycles. The minimum atomic E-state index is -0.832. The van der Waals surface area contributed by atoms with Crippen LogP contribution in [0.5, 0.6) is 0 Å². The molecule has 3 heterocycles. The van der Waals surface area contributed by atoms with E-state index in [0.29, 0.717) is 49.6 Å². The molecule has 39 heavy (non-hydrogen) atoms. The zero-order valence-electron chi connectivity index (χ0n) is 22.7. The fourth-order valence-electron chi connectivity index (χ4n) is 7.26. The molecule has 1 amide bonds. The molecule has 208 valence electrons. The maximum Gasteiger partial charge on any atom is 0.227 e. The highest BCUT2D eigenvalue weighted by atomic mass is 19.2. The molecule has 1 aromatic heterocycles. The van der Waals surface area contributed by atoms with E-state index in [4.69, 9.17) is 4.42 Å². The van der Waals surface area contributed by atoms with Crippen molar-refractivity contribution in [1.82, 2.24) is 14.8 Å². The summed E-state index contributed by atoms with van der Waals surface area (Å²) in [6, 6.07) is 10.3. The highest BCUT2D eigenvalue weighted by Crippen LogP contribution is 2.40. The molecule has 6 nitrogen and oxygen atoms in total. The van der Waals surface area contributed by atoms with Crippen molar-refractivity contribution >= 4 is 22.7 Å². The summed E-state index contributed by atoms with van der Waals surface area (Å²) in [6.45, 7) is 7.70. The second kappa shape index (κ2) is 11.2. The van der Waals surface area contributed by atoms with Gasteiger partial charge in [-0.05, 0) is 66.8 Å². The van der Waals surface area contributed by atoms with Gasteiger partial charge in [0.1, 0.15) is 5.52 Å². The molecule has 4 atom stereocenters. The lowest BCUT2D eigenvalue weighted by Gasteiger charge is -2.48. The molecule has 0 N–H and O–H groups in total. The summed E-state index contributed by atoms with van der Waals surface area (Å²) in [6.07, 6.45) is 7.30. The van der Waals surface area contributed by atoms with E-state index in [1.807, 2.05) is 15.9 Å². The summed E-state index contributed by atoms with van der Waals surface area (Å²) in [5, 5.41) is 0. The number of fused-ring (bicyclic) bond motifs is 2. The van der Waals surface area contributed by atoms with Gasteiger partial charge in [0.25, 0.3) is 0 Å². The quantitative estimate of drug-likeness (QED) is 0.424. The van der Waals surface area contributed by atoms with Crippen molar-refractivity contribution in [2.45, 2.75) is 39.0 Å². The van der Waals surface area contributed by atoms with Crippen molar-refractivity contribution < 1.29 is 18.0 Å². The van der Waals surface area contributed by atoms with Gasteiger partial charge < -0.3 is 19.1 Å². The number of halogens is 2. The molecule has 0 bridgehead atoms. The number of anilines is 1. The van der Waals surface area contributed by atoms with E-state index in [1.54, 1.807) is 6.07 Å². The first kappa shape index (κ1) is 26.2. The van der Waals surface area contributed by atoms with Gasteiger partial charge in [0, 0.05) is 57.6 Å². The van der Waals surface area contributed by atoms with Gasteiger partial charge in [-0.25, -0.2) is 13.8 Å². The van der Waals surface area contributed by atoms with E-state index in [9.17, 15) is 13.6 Å². The standard InChI is InChI=1S/C31H38F2N4O2/c1-21(14-22-6-9-30-29(15-22)34-20-39-30)17-35-18-23-4-2-3-5-25(23)26(19-35)31(38)37-12-10-36(11-13-37)24-7-8-27(32)28(33)16-24/h6-9,15-16,20-21,23,25-26H,2-5,10-14,17-19H2,1H3/t21-,23-,25-,26+/m0/s1. The van der Waals surface area contributed by atoms with E-state index in [2.05, 4.69) is 28.9 Å². The Morgan fingerprint density at radius 3 is 2.67 bits per heavy atom. The van der Waals surface area contributed by atoms with Crippen LogP contribution in [-0.2, 0) is 11.2 Å². The lowest BCUT2D eigenvalue weighted by Crippen LogP contribution is -2.57. The maximum atomic E-state index is 13.9. The summed E-state index contributed by atoms with van der Waals surface area (Å²) in [4.78, 5) is 24.8. The first-order valence-electron chi connectivity index (χ1n) is 14.5. The molecule has 8 heteroatoms. The lowest BCUT2D eigenvalue weighted by molar-refractivity contribution is -0.142. The van der Waals surface area contributed by atoms with Crippen LogP contribution < -0.4 is 4.90 Å². The number of hydrogen-bond acceptors (Lipinski definition) is 5. The fourth-order valence-corrected chi connectivity index (χ4v) is 7.26. The number of likely N-dealkylation sites (tertiary alicyclic amines) is 1. The van der Waals surface area contributed by atoms with Gasteiger partial charge in [0.2, 0.25) is 5.91 Å². The number of oxazole rings is 1. The van der Waals surface area contributed by atoms with Gasteiger partial charge in [-0.3, -0.25) is 4.79 Å². The normalized spacial score (nSPS) is 25.1. The number of piperazine rings is 1. The molecule has 0 radical (unpaired) electrons. The predicted octanol–water partition coefficient (Wildman–Crippen LogP) is 5.37. The molecular formula is C31H38F2N4O2. The monoisotopic (exact) mass is 536 g/mol. The van der Waals surface area contributed by atoms with Crippen LogP contribution in [0.25, 0.3) is 11.1 Å². The number of benzene rings is 2. The Bertz CT molecular complexity index is 1300. The highest BCUT2D eigenvalue weighted by Gasteiger charge is 2.43. The fraction of sp³-hybridized carbons (Fsp3) is 0.548. The van der Waals surface area contributed by atoms with Crippen LogP contribution in [0.2, 0.25) is 0 Å². The van der Waals surface area contributed by atoms with Gasteiger partial charge in [-0.15, -0.1) is 0 Å². The molecule has 3 fully saturated rings. The molecule has 2 saturated heterocycles. The number of amides is 1. The molecule has 1 saturated carbocycles. The molecule has 2 aliphatic heterocycles. The van der Waals surface area contributed by atoms with Gasteiger partial charge in [0.15, 0.2) is 23.6 Å². The van der Waals surface area contributed by atoms with Crippen molar-refractivity contribution in [3.63, 3.8) is 0 Å². The Kier molecular flexibility index (Phi) is 7.56. The minimum absolute atomic E-state index is 0.0394. The van der Waals surface area contributed by atoms with Crippen molar-refractivity contribution in [3.05, 3.63) is 60.0 Å². The third-order valence-corrected chi connectivity index (χ3v) is 9.16. The smallest absolute Gasteiger partial charge is 0.227 e. The Labute approximate surface area is 229 Å². The molecule has 3 aromatic rings. The first-order chi connectivity index (χ1) is 18.9. The topological polar surface area (TPSA) is 52.8 Å². The second-order valence-electron chi connectivity index (χ2n) is 11.9. The number of carbonyl (C=O) groups excluding carboxylic acids is 1. The van der Waals surface area contributed by atoms with Gasteiger partial charge in [0.05, 0.1) is 5.92 Å². The molecule has 0 spiro atoms. The summed E-state index contributed by atoms with van der Waals surface area (Å²) in [5.74, 6) is 0.180. The second-order valence-corrected chi connectivity index (χ2v) is 11.9. The van der Waals surface area contributed by atoms with Crippen LogP contribution in [0.15, 0.2) is 47.2 Å². The summed E-state index contributed by atoms with van der Waals surface area (Å²) >= 11 is 0. The number of rotatable bonds is 6. The molecule has 2 aromatic carbocycles. The number of nitrogens with zero attached hydrogens (tertiary/aromatic N) is 4. The van der Waals surface area contributed by atoms with Crippen LogP contribution >= 0.6 is 0 Å². The van der Waals surface area contributed by atoms with Crippen LogP contribution in [0.3, 0.4) is 0 Å². The van der Waals surface area contributed by atoms with Crippen LogP contribution in [0, 0.1) is 35.3 Å². The zero-order valence-corrected chi connectivity index (χ0v) is 22.7. The van der Waals surface area contributed by atoms with E-state index < -0.39 is 11.6 Å². The Balaban J connectivity index is 1.09. The summed E-state index contributed by atoms with van der Waals surface area (Å²) in [5.41, 5.74) is 3.66. The molecule has 6 rings (SSSR count). The minimum Gasteiger partial charge on any atom is -0.443 e. The van der Waals surface area contributed by atoms with Crippen molar-refractivity contribution in [2.24, 2.45) is 23.7 Å². The SMILES string of the molecule is C[C@@H](Cc1ccc2ocnc2c1)CN1C[C@@H]2CCCC[C@@H]2[C@H](C(=O)N2CCN(c3ccc(F)c(F)c3)CC2)C1. The molecule has 0 unspecified atom stereocenters. The van der Waals surface area contributed by atoms with Gasteiger partial charge >= 0.3 is 0 Å². The maximum absolute atomic E-state index is 13.9. The van der Waals surface area contributed by atoms with Crippen molar-refractivity contribution in [3.8, 4) is 0 Å². The third kappa shape index (κ3) is 5.67. The lowest BCUT2D eigenvalue weighted by atomic mass is 9.69. The molecular weight excluding hydrogens is 498 g/mol. The number of hydrogen-bond donors (Lipinski definition) is 0. The van der Waals surface area contributed by atoms with Crippen LogP contribution in [0.4, 0.5) is 14.5 Å². The average molecular weight is 537 g/mol. The molecule has 3 aliphatic rings. The number of carbonyl (C=O) groups is 1. The van der Waals surface area contributed by atoms with Crippen molar-refractivity contribution in [1.29, 1.82) is 0 Å². The first-order valence-corrected chi connectivity index (χ1v) is 14.5. The van der Waals surface area contributed by atoms with Crippen LogP contribution in [0.1, 0.15) is 38.2 Å². The van der Waals surface area contributed by atoms with E-state index in [1.165, 1.54) is 43.4 Å². The Morgan fingerprint density at radius 2 is 1.85 bits per heavy atom. The summed E-state index contributed by atoms with van der Waals surface area (Å²) < 4.78 is 32.5. The number of piperidine rings is 1. The van der Waals surface area contributed by atoms with E-state index in [-0.39, 0.29) is 11.8 Å². The van der Waals surface area contributed by atoms with Gasteiger partial charge in [-0.2, -0.15) is 0 Å². The Morgan fingerprint density at radius 1 is 1.03 bits per heavy atom. The van der Waals surface area contributed by atoms with Gasteiger partial charge in [-0.1, -0.05) is 25.8 Å². The van der Waals surface area contributed by atoms with E-state index in [0.717, 1.165) is 43.6 Å². The highest BCUT2D eigenvalue weighted by molar-refractivity contribution is 5.80. The summed E-state index contributed by atoms with van der Waals surface area (Å²) in [7, 11) is 0. The van der Waals surface area contributed by atoms with Crippen molar-refractivity contribution in [2.75, 3.05) is 50.7 Å². The van der Waals surface area contributed by atoms with Crippen LogP contribution in [-0.4, -0.2) is 66.5 Å². The Hall–Kier alpha value is -3.00. The average Bonchev–Trinajstić information content (AvgIpc) is 3.42. The largest absolute Gasteiger partial charge is 0.443 e. The zero-order chi connectivity index (χ0) is 26.9. The van der Waals surface area contributed by atoms with E-state index >= 15 is 0 Å². The predicted molar refractivity (Wildman–Crippen MR) is 147 cm³/mol. The number of aromatic nitrogens is 1.